The summed E-state index contributed by atoms with van der Waals surface area (Å²) < 4.78 is 1.31. The third kappa shape index (κ3) is 2.92. The summed E-state index contributed by atoms with van der Waals surface area (Å²) in [6.07, 6.45) is 4.26. The fraction of sp³-hybridized carbons (Fsp3) is 0.692. The average Bonchev–Trinajstić information content (AvgIpc) is 3.09. The van der Waals surface area contributed by atoms with Crippen LogP contribution < -0.4 is 5.32 Å². The fourth-order valence-electron chi connectivity index (χ4n) is 2.63. The molecule has 2 nitrogen and oxygen atoms in total. The van der Waals surface area contributed by atoms with E-state index in [1.807, 2.05) is 11.3 Å². The third-order valence-electron chi connectivity index (χ3n) is 3.79. The van der Waals surface area contributed by atoms with E-state index in [0.29, 0.717) is 6.04 Å². The molecule has 1 aromatic rings. The van der Waals surface area contributed by atoms with E-state index in [2.05, 4.69) is 37.6 Å². The molecule has 1 N–H and O–H groups in total. The standard InChI is InChI=1S/C13H19BrN2S/c14-11-3-8-17-13(11)12(9-10-1-2-10)16-6-4-15-5-7-16/h3,8,10,12,15H,1-2,4-7,9H2/t12-/m0/s1. The number of nitrogens with one attached hydrogen (secondary N) is 1. The maximum Gasteiger partial charge on any atom is 0.0456 e. The number of halogens is 1. The predicted molar refractivity (Wildman–Crippen MR) is 76.5 cm³/mol. The van der Waals surface area contributed by atoms with Gasteiger partial charge in [-0.15, -0.1) is 11.3 Å². The van der Waals surface area contributed by atoms with Crippen LogP contribution in [0, 0.1) is 5.92 Å². The topological polar surface area (TPSA) is 15.3 Å². The number of rotatable bonds is 4. The zero-order valence-electron chi connectivity index (χ0n) is 9.99. The molecule has 94 valence electrons. The summed E-state index contributed by atoms with van der Waals surface area (Å²) in [5.41, 5.74) is 0. The first-order valence-corrected chi connectivity index (χ1v) is 8.19. The van der Waals surface area contributed by atoms with Crippen LogP contribution in [0.2, 0.25) is 0 Å². The summed E-state index contributed by atoms with van der Waals surface area (Å²) in [7, 11) is 0. The Morgan fingerprint density at radius 2 is 2.18 bits per heavy atom. The molecular formula is C13H19BrN2S. The molecule has 4 heteroatoms. The van der Waals surface area contributed by atoms with Gasteiger partial charge in [0.15, 0.2) is 0 Å². The second kappa shape index (κ2) is 5.39. The molecule has 0 amide bonds. The summed E-state index contributed by atoms with van der Waals surface area (Å²) in [5.74, 6) is 0.990. The monoisotopic (exact) mass is 314 g/mol. The van der Waals surface area contributed by atoms with Gasteiger partial charge < -0.3 is 5.32 Å². The van der Waals surface area contributed by atoms with Crippen LogP contribution in [-0.4, -0.2) is 31.1 Å². The van der Waals surface area contributed by atoms with Crippen LogP contribution in [0.3, 0.4) is 0 Å². The Hall–Kier alpha value is 0.1000. The summed E-state index contributed by atoms with van der Waals surface area (Å²) in [5, 5.41) is 5.66. The molecule has 1 saturated carbocycles. The van der Waals surface area contributed by atoms with Crippen molar-refractivity contribution in [1.29, 1.82) is 0 Å². The normalized spacial score (nSPS) is 23.8. The zero-order valence-corrected chi connectivity index (χ0v) is 12.4. The van der Waals surface area contributed by atoms with E-state index in [1.165, 1.54) is 36.8 Å². The van der Waals surface area contributed by atoms with E-state index in [0.717, 1.165) is 19.0 Å². The van der Waals surface area contributed by atoms with Crippen molar-refractivity contribution >= 4 is 27.3 Å². The summed E-state index contributed by atoms with van der Waals surface area (Å²) in [6.45, 7) is 4.68. The van der Waals surface area contributed by atoms with Crippen molar-refractivity contribution in [3.63, 3.8) is 0 Å². The molecule has 1 aliphatic heterocycles. The van der Waals surface area contributed by atoms with E-state index in [9.17, 15) is 0 Å². The number of thiophene rings is 1. The highest BCUT2D eigenvalue weighted by Crippen LogP contribution is 2.43. The molecule has 1 aromatic heterocycles. The van der Waals surface area contributed by atoms with Crippen LogP contribution in [0.4, 0.5) is 0 Å². The van der Waals surface area contributed by atoms with E-state index >= 15 is 0 Å². The largest absolute Gasteiger partial charge is 0.314 e. The van der Waals surface area contributed by atoms with Gasteiger partial charge in [0.25, 0.3) is 0 Å². The third-order valence-corrected chi connectivity index (χ3v) is 5.77. The van der Waals surface area contributed by atoms with Crippen molar-refractivity contribution < 1.29 is 0 Å². The van der Waals surface area contributed by atoms with Gasteiger partial charge in [-0.1, -0.05) is 12.8 Å². The van der Waals surface area contributed by atoms with Gasteiger partial charge in [-0.3, -0.25) is 4.90 Å². The molecule has 1 saturated heterocycles. The molecule has 0 radical (unpaired) electrons. The Balaban J connectivity index is 1.77. The second-order valence-corrected chi connectivity index (χ2v) is 6.92. The molecule has 1 atom stereocenters. The first-order valence-electron chi connectivity index (χ1n) is 6.52. The Kier molecular flexibility index (Phi) is 3.85. The quantitative estimate of drug-likeness (QED) is 0.917. The highest BCUT2D eigenvalue weighted by Gasteiger charge is 2.31. The van der Waals surface area contributed by atoms with Crippen LogP contribution >= 0.6 is 27.3 Å². The maximum atomic E-state index is 3.71. The van der Waals surface area contributed by atoms with Gasteiger partial charge in [0.1, 0.15) is 0 Å². The molecular weight excluding hydrogens is 296 g/mol. The first kappa shape index (κ1) is 12.2. The smallest absolute Gasteiger partial charge is 0.0456 e. The zero-order chi connectivity index (χ0) is 11.7. The SMILES string of the molecule is Brc1ccsc1[C@H](CC1CC1)N1CCNCC1. The van der Waals surface area contributed by atoms with Crippen LogP contribution in [-0.2, 0) is 0 Å². The Morgan fingerprint density at radius 3 is 2.76 bits per heavy atom. The number of piperazine rings is 1. The van der Waals surface area contributed by atoms with Gasteiger partial charge >= 0.3 is 0 Å². The van der Waals surface area contributed by atoms with Crippen LogP contribution in [0.15, 0.2) is 15.9 Å². The predicted octanol–water partition coefficient (Wildman–Crippen LogP) is 3.26. The van der Waals surface area contributed by atoms with Crippen LogP contribution in [0.5, 0.6) is 0 Å². The maximum absolute atomic E-state index is 3.71. The van der Waals surface area contributed by atoms with Gasteiger partial charge in [0.2, 0.25) is 0 Å². The summed E-state index contributed by atoms with van der Waals surface area (Å²) in [4.78, 5) is 4.21. The lowest BCUT2D eigenvalue weighted by Crippen LogP contribution is -2.45. The van der Waals surface area contributed by atoms with Crippen molar-refractivity contribution in [2.45, 2.75) is 25.3 Å². The Morgan fingerprint density at radius 1 is 1.41 bits per heavy atom. The van der Waals surface area contributed by atoms with Gasteiger partial charge in [-0.25, -0.2) is 0 Å². The lowest BCUT2D eigenvalue weighted by atomic mass is 10.1. The summed E-state index contributed by atoms with van der Waals surface area (Å²) >= 11 is 5.62. The van der Waals surface area contributed by atoms with Crippen molar-refractivity contribution in [1.82, 2.24) is 10.2 Å². The highest BCUT2D eigenvalue weighted by molar-refractivity contribution is 9.10. The number of hydrogen-bond donors (Lipinski definition) is 1. The lowest BCUT2D eigenvalue weighted by Gasteiger charge is -2.35. The minimum Gasteiger partial charge on any atom is -0.314 e. The van der Waals surface area contributed by atoms with Crippen molar-refractivity contribution in [2.75, 3.05) is 26.2 Å². The molecule has 0 unspecified atom stereocenters. The first-order chi connectivity index (χ1) is 8.34. The minimum atomic E-state index is 0.652. The molecule has 2 heterocycles. The van der Waals surface area contributed by atoms with E-state index in [-0.39, 0.29) is 0 Å². The Labute approximate surface area is 116 Å². The molecule has 0 bridgehead atoms. The van der Waals surface area contributed by atoms with E-state index < -0.39 is 0 Å². The number of nitrogens with zero attached hydrogens (tertiary/aromatic N) is 1. The van der Waals surface area contributed by atoms with Crippen molar-refractivity contribution in [3.8, 4) is 0 Å². The minimum absolute atomic E-state index is 0.652. The molecule has 0 spiro atoms. The highest BCUT2D eigenvalue weighted by atomic mass is 79.9. The molecule has 17 heavy (non-hydrogen) atoms. The van der Waals surface area contributed by atoms with Gasteiger partial charge in [-0.2, -0.15) is 0 Å². The molecule has 3 rings (SSSR count). The Bertz CT molecular complexity index is 369. The average molecular weight is 315 g/mol. The second-order valence-electron chi connectivity index (χ2n) is 5.11. The van der Waals surface area contributed by atoms with Gasteiger partial charge in [0.05, 0.1) is 0 Å². The van der Waals surface area contributed by atoms with Crippen LogP contribution in [0.25, 0.3) is 0 Å². The van der Waals surface area contributed by atoms with Gasteiger partial charge in [0, 0.05) is 41.6 Å². The molecule has 1 aliphatic carbocycles. The fourth-order valence-corrected chi connectivity index (χ4v) is 4.41. The molecule has 2 fully saturated rings. The van der Waals surface area contributed by atoms with Crippen molar-refractivity contribution in [3.05, 3.63) is 20.8 Å². The van der Waals surface area contributed by atoms with E-state index in [1.54, 1.807) is 4.88 Å². The summed E-state index contributed by atoms with van der Waals surface area (Å²) in [6, 6.07) is 2.85. The lowest BCUT2D eigenvalue weighted by molar-refractivity contribution is 0.162. The number of hydrogen-bond acceptors (Lipinski definition) is 3. The van der Waals surface area contributed by atoms with Crippen LogP contribution in [0.1, 0.15) is 30.2 Å². The molecule has 0 aromatic carbocycles. The molecule has 2 aliphatic rings. The van der Waals surface area contributed by atoms with E-state index in [4.69, 9.17) is 0 Å². The van der Waals surface area contributed by atoms with Crippen molar-refractivity contribution in [2.24, 2.45) is 5.92 Å². The van der Waals surface area contributed by atoms with Gasteiger partial charge in [-0.05, 0) is 39.7 Å².